The highest BCUT2D eigenvalue weighted by molar-refractivity contribution is 5.82. The highest BCUT2D eigenvalue weighted by Crippen LogP contribution is 2.21. The Bertz CT molecular complexity index is 815. The number of nitrogens with one attached hydrogen (secondary N) is 2. The summed E-state index contributed by atoms with van der Waals surface area (Å²) < 4.78 is 7.03. The zero-order valence-electron chi connectivity index (χ0n) is 15.9. The second-order valence-corrected chi connectivity index (χ2v) is 6.64. The second kappa shape index (κ2) is 8.22. The minimum Gasteiger partial charge on any atom is -0.497 e. The van der Waals surface area contributed by atoms with E-state index in [1.165, 1.54) is 0 Å². The third-order valence-electron chi connectivity index (χ3n) is 4.69. The number of methoxy groups -OCH3 is 1. The summed E-state index contributed by atoms with van der Waals surface area (Å²) in [5.74, 6) is 0.642. The van der Waals surface area contributed by atoms with Crippen LogP contribution in [0.2, 0.25) is 0 Å². The molecule has 144 valence electrons. The van der Waals surface area contributed by atoms with Gasteiger partial charge in [-0.15, -0.1) is 0 Å². The summed E-state index contributed by atoms with van der Waals surface area (Å²) >= 11 is 0. The van der Waals surface area contributed by atoms with E-state index in [1.54, 1.807) is 13.3 Å². The van der Waals surface area contributed by atoms with Gasteiger partial charge in [0.25, 0.3) is 0 Å². The van der Waals surface area contributed by atoms with Crippen LogP contribution in [0.25, 0.3) is 5.69 Å². The number of hydrogen-bond acceptors (Lipinski definition) is 5. The van der Waals surface area contributed by atoms with Crippen molar-refractivity contribution in [3.63, 3.8) is 0 Å². The maximum absolute atomic E-state index is 12.3. The van der Waals surface area contributed by atoms with Crippen molar-refractivity contribution in [2.24, 2.45) is 0 Å². The second-order valence-electron chi connectivity index (χ2n) is 6.64. The van der Waals surface area contributed by atoms with E-state index in [4.69, 9.17) is 4.74 Å². The average Bonchev–Trinajstić information content (AvgIpc) is 3.03. The lowest BCUT2D eigenvalue weighted by Gasteiger charge is -2.26. The van der Waals surface area contributed by atoms with Gasteiger partial charge < -0.3 is 15.4 Å². The van der Waals surface area contributed by atoms with Gasteiger partial charge in [-0.1, -0.05) is 0 Å². The Morgan fingerprint density at radius 2 is 2.11 bits per heavy atom. The molecule has 0 aliphatic carbocycles. The molecule has 1 aliphatic heterocycles. The van der Waals surface area contributed by atoms with Gasteiger partial charge in [-0.3, -0.25) is 14.5 Å². The molecule has 1 fully saturated rings. The fourth-order valence-corrected chi connectivity index (χ4v) is 3.23. The Morgan fingerprint density at radius 1 is 1.37 bits per heavy atom. The van der Waals surface area contributed by atoms with Gasteiger partial charge in [0, 0.05) is 24.3 Å². The number of benzene rings is 1. The van der Waals surface area contributed by atoms with E-state index in [-0.39, 0.29) is 30.9 Å². The van der Waals surface area contributed by atoms with Crippen LogP contribution in [0.15, 0.2) is 30.5 Å². The number of hydrogen-bond donors (Lipinski definition) is 2. The highest BCUT2D eigenvalue weighted by Gasteiger charge is 2.21. The maximum Gasteiger partial charge on any atom is 0.234 e. The molecular weight excluding hydrogens is 346 g/mol. The summed E-state index contributed by atoms with van der Waals surface area (Å²) in [4.78, 5) is 25.6. The standard InChI is InChI=1S/C19H25N5O3/c1-13(22-19(26)12-23-9-8-20-18(25)11-23)17-10-21-24(14(17)2)15-4-6-16(27-3)7-5-15/h4-7,10,13H,8-9,11-12H2,1-3H3,(H,20,25)(H,22,26)/t13-/m1/s1. The number of ether oxygens (including phenoxy) is 1. The van der Waals surface area contributed by atoms with E-state index in [9.17, 15) is 9.59 Å². The summed E-state index contributed by atoms with van der Waals surface area (Å²) in [6, 6.07) is 7.47. The van der Waals surface area contributed by atoms with Crippen LogP contribution in [-0.4, -0.2) is 59.8 Å². The quantitative estimate of drug-likeness (QED) is 0.784. The molecule has 2 heterocycles. The number of nitrogens with zero attached hydrogens (tertiary/aromatic N) is 3. The topological polar surface area (TPSA) is 88.5 Å². The highest BCUT2D eigenvalue weighted by atomic mass is 16.5. The lowest BCUT2D eigenvalue weighted by Crippen LogP contribution is -2.50. The van der Waals surface area contributed by atoms with Gasteiger partial charge in [-0.25, -0.2) is 4.68 Å². The predicted molar refractivity (Wildman–Crippen MR) is 101 cm³/mol. The van der Waals surface area contributed by atoms with Crippen LogP contribution in [0, 0.1) is 6.92 Å². The Kier molecular flexibility index (Phi) is 5.75. The molecule has 0 unspecified atom stereocenters. The third kappa shape index (κ3) is 4.46. The van der Waals surface area contributed by atoms with Gasteiger partial charge in [0.1, 0.15) is 5.75 Å². The van der Waals surface area contributed by atoms with E-state index >= 15 is 0 Å². The molecule has 1 aliphatic rings. The molecule has 2 amide bonds. The first kappa shape index (κ1) is 18.9. The molecule has 27 heavy (non-hydrogen) atoms. The van der Waals surface area contributed by atoms with Gasteiger partial charge in [0.2, 0.25) is 11.8 Å². The molecule has 2 N–H and O–H groups in total. The molecule has 0 bridgehead atoms. The number of rotatable bonds is 6. The molecule has 3 rings (SSSR count). The Hall–Kier alpha value is -2.87. The number of carbonyl (C=O) groups excluding carboxylic acids is 2. The minimum absolute atomic E-state index is 0.0429. The molecule has 1 atom stereocenters. The van der Waals surface area contributed by atoms with E-state index < -0.39 is 0 Å². The van der Waals surface area contributed by atoms with Crippen LogP contribution in [0.1, 0.15) is 24.2 Å². The fourth-order valence-electron chi connectivity index (χ4n) is 3.23. The average molecular weight is 371 g/mol. The molecule has 1 aromatic heterocycles. The minimum atomic E-state index is -0.178. The molecule has 8 nitrogen and oxygen atoms in total. The Balaban J connectivity index is 1.64. The first-order valence-electron chi connectivity index (χ1n) is 8.95. The largest absolute Gasteiger partial charge is 0.497 e. The Morgan fingerprint density at radius 3 is 2.78 bits per heavy atom. The number of carbonyl (C=O) groups is 2. The van der Waals surface area contributed by atoms with Crippen molar-refractivity contribution in [3.05, 3.63) is 41.7 Å². The summed E-state index contributed by atoms with van der Waals surface area (Å²) in [7, 11) is 1.63. The van der Waals surface area contributed by atoms with Crippen LogP contribution >= 0.6 is 0 Å². The number of aromatic nitrogens is 2. The summed E-state index contributed by atoms with van der Waals surface area (Å²) in [6.07, 6.45) is 1.78. The van der Waals surface area contributed by atoms with Crippen molar-refractivity contribution < 1.29 is 14.3 Å². The number of piperazine rings is 1. The van der Waals surface area contributed by atoms with Crippen molar-refractivity contribution in [3.8, 4) is 11.4 Å². The fraction of sp³-hybridized carbons (Fsp3) is 0.421. The van der Waals surface area contributed by atoms with E-state index in [1.807, 2.05) is 47.7 Å². The smallest absolute Gasteiger partial charge is 0.234 e. The lowest BCUT2D eigenvalue weighted by atomic mass is 10.1. The third-order valence-corrected chi connectivity index (χ3v) is 4.69. The van der Waals surface area contributed by atoms with Crippen molar-refractivity contribution in [1.82, 2.24) is 25.3 Å². The SMILES string of the molecule is COc1ccc(-n2ncc([C@@H](C)NC(=O)CN3CCNC(=O)C3)c2C)cc1. The molecule has 8 heteroatoms. The van der Waals surface area contributed by atoms with Gasteiger partial charge >= 0.3 is 0 Å². The Labute approximate surface area is 158 Å². The van der Waals surface area contributed by atoms with E-state index in [0.29, 0.717) is 13.1 Å². The van der Waals surface area contributed by atoms with E-state index in [2.05, 4.69) is 15.7 Å². The maximum atomic E-state index is 12.3. The first-order valence-corrected chi connectivity index (χ1v) is 8.95. The van der Waals surface area contributed by atoms with Crippen molar-refractivity contribution >= 4 is 11.8 Å². The normalized spacial score (nSPS) is 15.9. The predicted octanol–water partition coefficient (Wildman–Crippen LogP) is 0.798. The molecule has 0 radical (unpaired) electrons. The van der Waals surface area contributed by atoms with Crippen LogP contribution in [0.4, 0.5) is 0 Å². The van der Waals surface area contributed by atoms with E-state index in [0.717, 1.165) is 22.7 Å². The molecule has 1 aromatic carbocycles. The van der Waals surface area contributed by atoms with Gasteiger partial charge in [0.15, 0.2) is 0 Å². The van der Waals surface area contributed by atoms with Crippen molar-refractivity contribution in [2.45, 2.75) is 19.9 Å². The summed E-state index contributed by atoms with van der Waals surface area (Å²) in [5, 5.41) is 10.2. The zero-order valence-corrected chi connectivity index (χ0v) is 15.9. The first-order chi connectivity index (χ1) is 13.0. The summed E-state index contributed by atoms with van der Waals surface area (Å²) in [6.45, 7) is 5.64. The molecule has 2 aromatic rings. The van der Waals surface area contributed by atoms with Gasteiger partial charge in [-0.2, -0.15) is 5.10 Å². The summed E-state index contributed by atoms with van der Waals surface area (Å²) in [5.41, 5.74) is 2.85. The van der Waals surface area contributed by atoms with Gasteiger partial charge in [0.05, 0.1) is 38.1 Å². The lowest BCUT2D eigenvalue weighted by molar-refractivity contribution is -0.127. The molecular formula is C19H25N5O3. The van der Waals surface area contributed by atoms with Crippen LogP contribution < -0.4 is 15.4 Å². The van der Waals surface area contributed by atoms with Crippen LogP contribution in [-0.2, 0) is 9.59 Å². The zero-order chi connectivity index (χ0) is 19.4. The molecule has 1 saturated heterocycles. The molecule has 0 spiro atoms. The van der Waals surface area contributed by atoms with Crippen molar-refractivity contribution in [1.29, 1.82) is 0 Å². The van der Waals surface area contributed by atoms with Gasteiger partial charge in [-0.05, 0) is 38.1 Å². The van der Waals surface area contributed by atoms with Crippen molar-refractivity contribution in [2.75, 3.05) is 33.3 Å². The van der Waals surface area contributed by atoms with Crippen LogP contribution in [0.3, 0.4) is 0 Å². The monoisotopic (exact) mass is 371 g/mol. The number of amides is 2. The molecule has 0 saturated carbocycles. The van der Waals surface area contributed by atoms with Crippen LogP contribution in [0.5, 0.6) is 5.75 Å².